The van der Waals surface area contributed by atoms with Crippen LogP contribution in [-0.4, -0.2) is 50.0 Å². The minimum atomic E-state index is -1.18. The standard InChI is InChI=1S/C27H28FN5O2/c28-21-7-5-20(6-8-21)18-33-25(31-24-4-2-13-30-26(24)33)17-19-9-14-32(15-10-19)16-11-23-22(27(34)35)3-1-12-29-23/h1-8,12-13,19H,9-11,14-18H2,(H,34,35)/p-1. The monoisotopic (exact) mass is 472 g/mol. The van der Waals surface area contributed by atoms with Gasteiger partial charge in [0.15, 0.2) is 5.65 Å². The van der Waals surface area contributed by atoms with Gasteiger partial charge in [-0.25, -0.2) is 14.4 Å². The molecule has 0 bridgehead atoms. The molecule has 1 aromatic carbocycles. The van der Waals surface area contributed by atoms with Crippen LogP contribution < -0.4 is 5.11 Å². The maximum atomic E-state index is 13.4. The maximum Gasteiger partial charge on any atom is 0.160 e. The van der Waals surface area contributed by atoms with E-state index in [9.17, 15) is 14.3 Å². The highest BCUT2D eigenvalue weighted by Crippen LogP contribution is 2.24. The van der Waals surface area contributed by atoms with Crippen molar-refractivity contribution in [2.75, 3.05) is 19.6 Å². The van der Waals surface area contributed by atoms with Crippen molar-refractivity contribution in [1.82, 2.24) is 24.4 Å². The van der Waals surface area contributed by atoms with E-state index in [1.165, 1.54) is 12.1 Å². The van der Waals surface area contributed by atoms with Crippen LogP contribution in [0.1, 0.15) is 40.3 Å². The Labute approximate surface area is 203 Å². The third kappa shape index (κ3) is 5.38. The van der Waals surface area contributed by atoms with Gasteiger partial charge in [0.1, 0.15) is 17.2 Å². The molecule has 4 aromatic rings. The number of imidazole rings is 1. The SMILES string of the molecule is O=C([O-])c1cccnc1CCN1CCC(Cc2nc3cccnc3n2Cc2ccc(F)cc2)CC1. The lowest BCUT2D eigenvalue weighted by Crippen LogP contribution is -2.36. The van der Waals surface area contributed by atoms with Crippen LogP contribution in [0.4, 0.5) is 4.39 Å². The number of benzene rings is 1. The fraction of sp³-hybridized carbons (Fsp3) is 0.333. The Morgan fingerprint density at radius 2 is 1.77 bits per heavy atom. The number of likely N-dealkylation sites (tertiary alicyclic amines) is 1. The average Bonchev–Trinajstić information content (AvgIpc) is 3.21. The second-order valence-corrected chi connectivity index (χ2v) is 9.11. The van der Waals surface area contributed by atoms with Crippen molar-refractivity contribution < 1.29 is 14.3 Å². The lowest BCUT2D eigenvalue weighted by Gasteiger charge is -2.32. The van der Waals surface area contributed by atoms with E-state index in [4.69, 9.17) is 4.98 Å². The molecule has 35 heavy (non-hydrogen) atoms. The van der Waals surface area contributed by atoms with Crippen LogP contribution in [-0.2, 0) is 19.4 Å². The number of hydrogen-bond donors (Lipinski definition) is 0. The highest BCUT2D eigenvalue weighted by atomic mass is 19.1. The van der Waals surface area contributed by atoms with Gasteiger partial charge >= 0.3 is 0 Å². The van der Waals surface area contributed by atoms with Crippen molar-refractivity contribution in [3.05, 3.63) is 89.4 Å². The number of carbonyl (C=O) groups is 1. The normalized spacial score (nSPS) is 15.0. The predicted octanol–water partition coefficient (Wildman–Crippen LogP) is 2.87. The molecule has 4 heterocycles. The number of pyridine rings is 2. The number of halogens is 1. The summed E-state index contributed by atoms with van der Waals surface area (Å²) in [7, 11) is 0. The first-order valence-electron chi connectivity index (χ1n) is 12.0. The van der Waals surface area contributed by atoms with Crippen molar-refractivity contribution in [2.24, 2.45) is 5.92 Å². The van der Waals surface area contributed by atoms with E-state index in [0.29, 0.717) is 24.6 Å². The van der Waals surface area contributed by atoms with Gasteiger partial charge in [0.25, 0.3) is 0 Å². The van der Waals surface area contributed by atoms with Gasteiger partial charge in [-0.1, -0.05) is 12.1 Å². The minimum absolute atomic E-state index is 0.177. The topological polar surface area (TPSA) is 87.0 Å². The van der Waals surface area contributed by atoms with Crippen molar-refractivity contribution in [3.63, 3.8) is 0 Å². The summed E-state index contributed by atoms with van der Waals surface area (Å²) in [4.78, 5) is 27.4. The van der Waals surface area contributed by atoms with Crippen LogP contribution in [0.5, 0.6) is 0 Å². The first-order valence-corrected chi connectivity index (χ1v) is 12.0. The van der Waals surface area contributed by atoms with Crippen molar-refractivity contribution in [3.8, 4) is 0 Å². The molecule has 8 heteroatoms. The van der Waals surface area contributed by atoms with Crippen molar-refractivity contribution in [2.45, 2.75) is 32.2 Å². The summed E-state index contributed by atoms with van der Waals surface area (Å²) in [6, 6.07) is 13.6. The number of carboxylic acid groups (broad SMARTS) is 1. The van der Waals surface area contributed by atoms with E-state index in [0.717, 1.165) is 61.4 Å². The van der Waals surface area contributed by atoms with Gasteiger partial charge in [-0.05, 0) is 73.8 Å². The number of carbonyl (C=O) groups excluding carboxylic acids is 1. The Morgan fingerprint density at radius 1 is 1.03 bits per heavy atom. The third-order valence-electron chi connectivity index (χ3n) is 6.79. The molecule has 0 saturated carbocycles. The lowest BCUT2D eigenvalue weighted by atomic mass is 9.93. The van der Waals surface area contributed by atoms with Crippen molar-refractivity contribution in [1.29, 1.82) is 0 Å². The van der Waals surface area contributed by atoms with Gasteiger partial charge in [0.2, 0.25) is 0 Å². The fourth-order valence-electron chi connectivity index (χ4n) is 4.86. The smallest absolute Gasteiger partial charge is 0.160 e. The Bertz CT molecular complexity index is 1310. The molecule has 1 saturated heterocycles. The molecule has 0 radical (unpaired) electrons. The first kappa shape index (κ1) is 23.1. The summed E-state index contributed by atoms with van der Waals surface area (Å²) in [5.74, 6) is 0.0929. The number of hydrogen-bond acceptors (Lipinski definition) is 6. The molecule has 1 aliphatic rings. The second-order valence-electron chi connectivity index (χ2n) is 9.11. The molecule has 7 nitrogen and oxygen atoms in total. The average molecular weight is 473 g/mol. The number of nitrogens with zero attached hydrogens (tertiary/aromatic N) is 5. The number of aromatic nitrogens is 4. The third-order valence-corrected chi connectivity index (χ3v) is 6.79. The molecule has 0 atom stereocenters. The van der Waals surface area contributed by atoms with E-state index in [1.54, 1.807) is 36.7 Å². The molecule has 0 N–H and O–H groups in total. The van der Waals surface area contributed by atoms with E-state index in [2.05, 4.69) is 19.4 Å². The fourth-order valence-corrected chi connectivity index (χ4v) is 4.86. The Hall–Kier alpha value is -3.65. The molecular weight excluding hydrogens is 445 g/mol. The van der Waals surface area contributed by atoms with Gasteiger partial charge in [0.05, 0.1) is 18.2 Å². The van der Waals surface area contributed by atoms with Gasteiger partial charge in [-0.2, -0.15) is 0 Å². The molecule has 3 aromatic heterocycles. The quantitative estimate of drug-likeness (QED) is 0.392. The summed E-state index contributed by atoms with van der Waals surface area (Å²) < 4.78 is 15.5. The minimum Gasteiger partial charge on any atom is -0.545 e. The van der Waals surface area contributed by atoms with Crippen LogP contribution in [0.3, 0.4) is 0 Å². The van der Waals surface area contributed by atoms with Gasteiger partial charge < -0.3 is 19.4 Å². The molecule has 1 fully saturated rings. The van der Waals surface area contributed by atoms with Crippen LogP contribution in [0.25, 0.3) is 11.2 Å². The number of fused-ring (bicyclic) bond motifs is 1. The second kappa shape index (κ2) is 10.3. The summed E-state index contributed by atoms with van der Waals surface area (Å²) >= 11 is 0. The van der Waals surface area contributed by atoms with Crippen LogP contribution in [0.2, 0.25) is 0 Å². The van der Waals surface area contributed by atoms with Gasteiger partial charge in [-0.15, -0.1) is 0 Å². The lowest BCUT2D eigenvalue weighted by molar-refractivity contribution is -0.255. The zero-order valence-corrected chi connectivity index (χ0v) is 19.4. The van der Waals surface area contributed by atoms with E-state index in [-0.39, 0.29) is 11.4 Å². The summed E-state index contributed by atoms with van der Waals surface area (Å²) in [6.45, 7) is 3.28. The molecule has 0 aliphatic carbocycles. The predicted molar refractivity (Wildman–Crippen MR) is 128 cm³/mol. The summed E-state index contributed by atoms with van der Waals surface area (Å²) in [5.41, 5.74) is 3.50. The highest BCUT2D eigenvalue weighted by Gasteiger charge is 2.23. The zero-order valence-electron chi connectivity index (χ0n) is 19.4. The molecule has 1 aliphatic heterocycles. The van der Waals surface area contributed by atoms with Gasteiger partial charge in [0, 0.05) is 37.3 Å². The molecule has 5 rings (SSSR count). The first-order chi connectivity index (χ1) is 17.1. The van der Waals surface area contributed by atoms with Crippen LogP contribution in [0, 0.1) is 11.7 Å². The number of aromatic carboxylic acids is 1. The Morgan fingerprint density at radius 3 is 2.54 bits per heavy atom. The van der Waals surface area contributed by atoms with Gasteiger partial charge in [-0.3, -0.25) is 4.98 Å². The molecule has 0 unspecified atom stereocenters. The number of rotatable bonds is 8. The molecule has 0 spiro atoms. The van der Waals surface area contributed by atoms with Crippen LogP contribution >= 0.6 is 0 Å². The number of carboxylic acids is 1. The number of piperidine rings is 1. The van der Waals surface area contributed by atoms with Crippen LogP contribution in [0.15, 0.2) is 60.9 Å². The molecular formula is C27H27FN5O2-. The molecule has 180 valence electrons. The largest absolute Gasteiger partial charge is 0.545 e. The maximum absolute atomic E-state index is 13.4. The summed E-state index contributed by atoms with van der Waals surface area (Å²) in [5, 5.41) is 11.3. The van der Waals surface area contributed by atoms with Crippen molar-refractivity contribution >= 4 is 17.1 Å². The Kier molecular flexibility index (Phi) is 6.81. The van der Waals surface area contributed by atoms with E-state index in [1.807, 2.05) is 12.1 Å². The summed E-state index contributed by atoms with van der Waals surface area (Å²) in [6.07, 6.45) is 6.95. The zero-order chi connectivity index (χ0) is 24.2. The Balaban J connectivity index is 1.23. The molecule has 0 amide bonds. The van der Waals surface area contributed by atoms with E-state index >= 15 is 0 Å². The van der Waals surface area contributed by atoms with E-state index < -0.39 is 5.97 Å². The highest BCUT2D eigenvalue weighted by molar-refractivity contribution is 5.86.